The number of amides is 1. The predicted molar refractivity (Wildman–Crippen MR) is 136 cm³/mol. The third-order valence-corrected chi connectivity index (χ3v) is 5.76. The molecule has 1 unspecified atom stereocenters. The number of hydrogen-bond donors (Lipinski definition) is 1. The number of nitrogens with one attached hydrogen (secondary N) is 1. The molecule has 1 aromatic heterocycles. The minimum Gasteiger partial charge on any atom is -0.497 e. The van der Waals surface area contributed by atoms with Crippen molar-refractivity contribution in [3.63, 3.8) is 0 Å². The van der Waals surface area contributed by atoms with E-state index >= 15 is 0 Å². The zero-order chi connectivity index (χ0) is 25.5. The molecule has 0 saturated carbocycles. The van der Waals surface area contributed by atoms with Gasteiger partial charge in [0.15, 0.2) is 11.5 Å². The average Bonchev–Trinajstić information content (AvgIpc) is 3.35. The standard InChI is InChI=1S/C28H29N3O5/c1-31-13-12-29-27(31)26(21-14-22(33-2)17-23(15-21)34-3)30-28(32)20-10-11-24(25(16-20)35-4)36-18-19-8-6-5-7-9-19/h5-17,26H,18H2,1-4H3,(H,30,32). The van der Waals surface area contributed by atoms with Crippen LogP contribution in [0.3, 0.4) is 0 Å². The number of methoxy groups -OCH3 is 3. The van der Waals surface area contributed by atoms with Gasteiger partial charge in [0, 0.05) is 31.1 Å². The molecule has 4 aromatic rings. The number of carbonyl (C=O) groups is 1. The number of carbonyl (C=O) groups excluding carboxylic acids is 1. The Morgan fingerprint density at radius 2 is 1.64 bits per heavy atom. The minimum absolute atomic E-state index is 0.294. The van der Waals surface area contributed by atoms with Gasteiger partial charge in [0.1, 0.15) is 30.0 Å². The van der Waals surface area contributed by atoms with E-state index in [4.69, 9.17) is 18.9 Å². The molecule has 0 saturated heterocycles. The molecule has 0 bridgehead atoms. The fourth-order valence-corrected chi connectivity index (χ4v) is 3.83. The van der Waals surface area contributed by atoms with Crippen LogP contribution in [0, 0.1) is 0 Å². The maximum absolute atomic E-state index is 13.4. The van der Waals surface area contributed by atoms with Crippen LogP contribution < -0.4 is 24.3 Å². The second-order valence-electron chi connectivity index (χ2n) is 8.09. The van der Waals surface area contributed by atoms with Crippen molar-refractivity contribution in [2.75, 3.05) is 21.3 Å². The first-order valence-electron chi connectivity index (χ1n) is 11.4. The average molecular weight is 488 g/mol. The van der Waals surface area contributed by atoms with Crippen molar-refractivity contribution >= 4 is 5.91 Å². The molecule has 0 radical (unpaired) electrons. The van der Waals surface area contributed by atoms with E-state index in [0.29, 0.717) is 41.0 Å². The first-order chi connectivity index (χ1) is 17.5. The van der Waals surface area contributed by atoms with Crippen LogP contribution in [-0.2, 0) is 13.7 Å². The van der Waals surface area contributed by atoms with Gasteiger partial charge in [-0.05, 0) is 41.5 Å². The SMILES string of the molecule is COc1cc(OC)cc(C(NC(=O)c2ccc(OCc3ccccc3)c(OC)c2)c2nccn2C)c1. The van der Waals surface area contributed by atoms with Crippen LogP contribution in [0.2, 0.25) is 0 Å². The van der Waals surface area contributed by atoms with Gasteiger partial charge in [-0.2, -0.15) is 0 Å². The van der Waals surface area contributed by atoms with Crippen molar-refractivity contribution in [3.05, 3.63) is 102 Å². The van der Waals surface area contributed by atoms with Gasteiger partial charge >= 0.3 is 0 Å². The lowest BCUT2D eigenvalue weighted by atomic mass is 10.0. The molecule has 1 N–H and O–H groups in total. The molecule has 1 atom stereocenters. The maximum Gasteiger partial charge on any atom is 0.252 e. The van der Waals surface area contributed by atoms with Gasteiger partial charge in [0.25, 0.3) is 5.91 Å². The number of imidazole rings is 1. The number of rotatable bonds is 10. The Morgan fingerprint density at radius 1 is 0.917 bits per heavy atom. The Hall–Kier alpha value is -4.46. The van der Waals surface area contributed by atoms with Crippen molar-refractivity contribution in [2.45, 2.75) is 12.6 Å². The molecular weight excluding hydrogens is 458 g/mol. The second kappa shape index (κ2) is 11.3. The molecule has 0 fully saturated rings. The molecule has 36 heavy (non-hydrogen) atoms. The Kier molecular flexibility index (Phi) is 7.75. The zero-order valence-corrected chi connectivity index (χ0v) is 20.7. The van der Waals surface area contributed by atoms with Crippen LogP contribution in [0.5, 0.6) is 23.0 Å². The van der Waals surface area contributed by atoms with Crippen LogP contribution in [0.25, 0.3) is 0 Å². The highest BCUT2D eigenvalue weighted by Gasteiger charge is 2.24. The summed E-state index contributed by atoms with van der Waals surface area (Å²) in [6.45, 7) is 0.391. The smallest absolute Gasteiger partial charge is 0.252 e. The van der Waals surface area contributed by atoms with E-state index in [2.05, 4.69) is 10.3 Å². The predicted octanol–water partition coefficient (Wildman–Crippen LogP) is 4.54. The Balaban J connectivity index is 1.60. The lowest BCUT2D eigenvalue weighted by molar-refractivity contribution is 0.0940. The molecule has 186 valence electrons. The monoisotopic (exact) mass is 487 g/mol. The van der Waals surface area contributed by atoms with E-state index in [0.717, 1.165) is 11.1 Å². The first-order valence-corrected chi connectivity index (χ1v) is 11.4. The molecule has 0 aliphatic heterocycles. The van der Waals surface area contributed by atoms with Crippen molar-refractivity contribution in [2.24, 2.45) is 7.05 Å². The molecule has 0 aliphatic rings. The molecule has 3 aromatic carbocycles. The summed E-state index contributed by atoms with van der Waals surface area (Å²) in [5.41, 5.74) is 2.23. The molecule has 8 nitrogen and oxygen atoms in total. The quantitative estimate of drug-likeness (QED) is 0.354. The topological polar surface area (TPSA) is 83.8 Å². The number of hydrogen-bond acceptors (Lipinski definition) is 6. The third kappa shape index (κ3) is 5.60. The molecule has 1 heterocycles. The first kappa shape index (κ1) is 24.7. The Morgan fingerprint density at radius 3 is 2.25 bits per heavy atom. The summed E-state index contributed by atoms with van der Waals surface area (Å²) in [5.74, 6) is 2.61. The third-order valence-electron chi connectivity index (χ3n) is 5.76. The number of benzene rings is 3. The molecular formula is C28H29N3O5. The van der Waals surface area contributed by atoms with Crippen LogP contribution in [-0.4, -0.2) is 36.8 Å². The lowest BCUT2D eigenvalue weighted by Crippen LogP contribution is -2.31. The zero-order valence-electron chi connectivity index (χ0n) is 20.7. The molecule has 1 amide bonds. The second-order valence-corrected chi connectivity index (χ2v) is 8.09. The largest absolute Gasteiger partial charge is 0.497 e. The fourth-order valence-electron chi connectivity index (χ4n) is 3.83. The highest BCUT2D eigenvalue weighted by atomic mass is 16.5. The normalized spacial score (nSPS) is 11.4. The van der Waals surface area contributed by atoms with Gasteiger partial charge in [0.2, 0.25) is 0 Å². The van der Waals surface area contributed by atoms with Gasteiger partial charge in [0.05, 0.1) is 21.3 Å². The van der Waals surface area contributed by atoms with Crippen LogP contribution in [0.4, 0.5) is 0 Å². The van der Waals surface area contributed by atoms with E-state index in [1.54, 1.807) is 51.8 Å². The van der Waals surface area contributed by atoms with Crippen LogP contribution >= 0.6 is 0 Å². The fraction of sp³-hybridized carbons (Fsp3) is 0.214. The van der Waals surface area contributed by atoms with Crippen molar-refractivity contribution < 1.29 is 23.7 Å². The van der Waals surface area contributed by atoms with Crippen LogP contribution in [0.15, 0.2) is 79.1 Å². The minimum atomic E-state index is -0.554. The molecule has 0 spiro atoms. The summed E-state index contributed by atoms with van der Waals surface area (Å²) in [7, 11) is 6.59. The summed E-state index contributed by atoms with van der Waals surface area (Å²) < 4.78 is 24.2. The van der Waals surface area contributed by atoms with Gasteiger partial charge < -0.3 is 28.8 Å². The lowest BCUT2D eigenvalue weighted by Gasteiger charge is -2.21. The van der Waals surface area contributed by atoms with Gasteiger partial charge in [-0.3, -0.25) is 4.79 Å². The summed E-state index contributed by atoms with van der Waals surface area (Å²) >= 11 is 0. The number of nitrogens with zero attached hydrogens (tertiary/aromatic N) is 2. The number of aryl methyl sites for hydroxylation is 1. The summed E-state index contributed by atoms with van der Waals surface area (Å²) in [6.07, 6.45) is 3.52. The Labute approximate surface area is 210 Å². The van der Waals surface area contributed by atoms with Crippen molar-refractivity contribution in [1.29, 1.82) is 0 Å². The summed E-state index contributed by atoms with van der Waals surface area (Å²) in [6, 6.07) is 19.9. The number of ether oxygens (including phenoxy) is 4. The van der Waals surface area contributed by atoms with Crippen molar-refractivity contribution in [1.82, 2.24) is 14.9 Å². The Bertz CT molecular complexity index is 1300. The molecule has 8 heteroatoms. The van der Waals surface area contributed by atoms with E-state index in [-0.39, 0.29) is 5.91 Å². The van der Waals surface area contributed by atoms with E-state index < -0.39 is 6.04 Å². The maximum atomic E-state index is 13.4. The van der Waals surface area contributed by atoms with Crippen molar-refractivity contribution in [3.8, 4) is 23.0 Å². The van der Waals surface area contributed by atoms with Gasteiger partial charge in [-0.1, -0.05) is 30.3 Å². The molecule has 4 rings (SSSR count). The summed E-state index contributed by atoms with van der Waals surface area (Å²) in [4.78, 5) is 17.9. The van der Waals surface area contributed by atoms with E-state index in [9.17, 15) is 4.79 Å². The number of aromatic nitrogens is 2. The van der Waals surface area contributed by atoms with E-state index in [1.165, 1.54) is 0 Å². The summed E-state index contributed by atoms with van der Waals surface area (Å²) in [5, 5.41) is 3.09. The van der Waals surface area contributed by atoms with Crippen LogP contribution in [0.1, 0.15) is 33.4 Å². The highest BCUT2D eigenvalue weighted by molar-refractivity contribution is 5.95. The van der Waals surface area contributed by atoms with E-state index in [1.807, 2.05) is 60.3 Å². The van der Waals surface area contributed by atoms with Gasteiger partial charge in [-0.15, -0.1) is 0 Å². The molecule has 0 aliphatic carbocycles. The van der Waals surface area contributed by atoms with Gasteiger partial charge in [-0.25, -0.2) is 4.98 Å². The highest BCUT2D eigenvalue weighted by Crippen LogP contribution is 2.31.